The van der Waals surface area contributed by atoms with Gasteiger partial charge in [0.2, 0.25) is 6.79 Å². The second-order valence-electron chi connectivity index (χ2n) is 6.07. The van der Waals surface area contributed by atoms with E-state index in [2.05, 4.69) is 0 Å². The first kappa shape index (κ1) is 13.2. The molecule has 2 aliphatic heterocycles. The zero-order chi connectivity index (χ0) is 14.6. The highest BCUT2D eigenvalue weighted by atomic mass is 35.5. The Morgan fingerprint density at radius 3 is 2.95 bits per heavy atom. The van der Waals surface area contributed by atoms with E-state index in [-0.39, 0.29) is 18.7 Å². The minimum absolute atomic E-state index is 0.00296. The summed E-state index contributed by atoms with van der Waals surface area (Å²) >= 11 is 6.15. The molecule has 0 aromatic heterocycles. The maximum absolute atomic E-state index is 12.7. The fourth-order valence-corrected chi connectivity index (χ4v) is 4.01. The summed E-state index contributed by atoms with van der Waals surface area (Å²) < 4.78 is 10.6. The molecule has 3 unspecified atom stereocenters. The van der Waals surface area contributed by atoms with Crippen LogP contribution in [-0.4, -0.2) is 36.7 Å². The maximum atomic E-state index is 12.7. The van der Waals surface area contributed by atoms with Crippen molar-refractivity contribution in [1.82, 2.24) is 4.90 Å². The van der Waals surface area contributed by atoms with Crippen molar-refractivity contribution in [3.8, 4) is 11.5 Å². The van der Waals surface area contributed by atoms with Crippen LogP contribution in [0, 0.1) is 11.8 Å². The van der Waals surface area contributed by atoms with Crippen LogP contribution in [0.25, 0.3) is 0 Å². The fourth-order valence-electron chi connectivity index (χ4n) is 3.75. The zero-order valence-electron chi connectivity index (χ0n) is 11.5. The number of nitrogens with zero attached hydrogens (tertiary/aromatic N) is 1. The predicted octanol–water partition coefficient (Wildman–Crippen LogP) is 1.88. The van der Waals surface area contributed by atoms with Crippen LogP contribution < -0.4 is 15.2 Å². The molecule has 0 radical (unpaired) electrons. The van der Waals surface area contributed by atoms with Crippen molar-refractivity contribution in [3.05, 3.63) is 22.7 Å². The molecule has 1 amide bonds. The van der Waals surface area contributed by atoms with Crippen molar-refractivity contribution in [2.24, 2.45) is 17.6 Å². The highest BCUT2D eigenvalue weighted by molar-refractivity contribution is 6.32. The number of halogens is 1. The molecule has 0 spiro atoms. The van der Waals surface area contributed by atoms with Gasteiger partial charge in [0.1, 0.15) is 0 Å². The molecule has 1 aromatic carbocycles. The van der Waals surface area contributed by atoms with E-state index in [1.807, 2.05) is 4.90 Å². The van der Waals surface area contributed by atoms with E-state index in [0.717, 1.165) is 25.9 Å². The number of hydrogen-bond donors (Lipinski definition) is 1. The van der Waals surface area contributed by atoms with E-state index < -0.39 is 0 Å². The van der Waals surface area contributed by atoms with Crippen molar-refractivity contribution in [1.29, 1.82) is 0 Å². The Morgan fingerprint density at radius 1 is 1.29 bits per heavy atom. The normalized spacial score (nSPS) is 29.8. The van der Waals surface area contributed by atoms with Gasteiger partial charge in [-0.1, -0.05) is 11.6 Å². The van der Waals surface area contributed by atoms with Gasteiger partial charge in [0.05, 0.1) is 5.02 Å². The number of hydrogen-bond acceptors (Lipinski definition) is 4. The molecule has 2 fully saturated rings. The molecule has 1 aliphatic carbocycles. The van der Waals surface area contributed by atoms with Gasteiger partial charge in [-0.15, -0.1) is 0 Å². The second-order valence-corrected chi connectivity index (χ2v) is 6.47. The second kappa shape index (κ2) is 4.78. The maximum Gasteiger partial charge on any atom is 0.254 e. The molecule has 112 valence electrons. The van der Waals surface area contributed by atoms with E-state index in [0.29, 0.717) is 33.9 Å². The van der Waals surface area contributed by atoms with Gasteiger partial charge in [-0.05, 0) is 36.8 Å². The molecule has 2 N–H and O–H groups in total. The molecular weight excluding hydrogens is 292 g/mol. The SMILES string of the molecule is NC1CCC2CN(C(=O)c3cc(Cl)c4c(c3)OCO4)CC12. The molecule has 6 heteroatoms. The van der Waals surface area contributed by atoms with Crippen LogP contribution in [0.15, 0.2) is 12.1 Å². The highest BCUT2D eigenvalue weighted by Gasteiger charge is 2.42. The molecule has 2 heterocycles. The van der Waals surface area contributed by atoms with Crippen molar-refractivity contribution < 1.29 is 14.3 Å². The molecular formula is C15H17ClN2O3. The average molecular weight is 309 g/mol. The number of nitrogens with two attached hydrogens (primary N) is 1. The van der Waals surface area contributed by atoms with Crippen molar-refractivity contribution in [3.63, 3.8) is 0 Å². The number of carbonyl (C=O) groups is 1. The van der Waals surface area contributed by atoms with Gasteiger partial charge in [-0.3, -0.25) is 4.79 Å². The van der Waals surface area contributed by atoms with E-state index in [4.69, 9.17) is 26.8 Å². The molecule has 21 heavy (non-hydrogen) atoms. The van der Waals surface area contributed by atoms with Gasteiger partial charge in [-0.25, -0.2) is 0 Å². The number of fused-ring (bicyclic) bond motifs is 2. The van der Waals surface area contributed by atoms with E-state index in [1.54, 1.807) is 12.1 Å². The molecule has 5 nitrogen and oxygen atoms in total. The Morgan fingerprint density at radius 2 is 2.14 bits per heavy atom. The number of rotatable bonds is 1. The van der Waals surface area contributed by atoms with Crippen molar-refractivity contribution >= 4 is 17.5 Å². The number of likely N-dealkylation sites (tertiary alicyclic amines) is 1. The summed E-state index contributed by atoms with van der Waals surface area (Å²) in [6.07, 6.45) is 2.20. The smallest absolute Gasteiger partial charge is 0.254 e. The Hall–Kier alpha value is -1.46. The van der Waals surface area contributed by atoms with Crippen molar-refractivity contribution in [2.75, 3.05) is 19.9 Å². The van der Waals surface area contributed by atoms with Crippen LogP contribution in [0.3, 0.4) is 0 Å². The lowest BCUT2D eigenvalue weighted by Crippen LogP contribution is -2.33. The highest BCUT2D eigenvalue weighted by Crippen LogP contribution is 2.41. The number of amides is 1. The van der Waals surface area contributed by atoms with Gasteiger partial charge in [-0.2, -0.15) is 0 Å². The summed E-state index contributed by atoms with van der Waals surface area (Å²) in [5.74, 6) is 2.05. The molecule has 0 bridgehead atoms. The Balaban J connectivity index is 1.57. The van der Waals surface area contributed by atoms with Gasteiger partial charge in [0.25, 0.3) is 5.91 Å². The first-order chi connectivity index (χ1) is 10.1. The predicted molar refractivity (Wildman–Crippen MR) is 77.7 cm³/mol. The summed E-state index contributed by atoms with van der Waals surface area (Å²) in [4.78, 5) is 14.6. The van der Waals surface area contributed by atoms with Gasteiger partial charge in [0.15, 0.2) is 11.5 Å². The van der Waals surface area contributed by atoms with Crippen LogP contribution >= 0.6 is 11.6 Å². The Kier molecular flexibility index (Phi) is 3.01. The average Bonchev–Trinajstić information content (AvgIpc) is 3.15. The molecule has 1 aromatic rings. The van der Waals surface area contributed by atoms with Gasteiger partial charge < -0.3 is 20.1 Å². The quantitative estimate of drug-likeness (QED) is 0.860. The van der Waals surface area contributed by atoms with Gasteiger partial charge in [0, 0.05) is 24.7 Å². The van der Waals surface area contributed by atoms with Crippen LogP contribution in [0.2, 0.25) is 5.02 Å². The molecule has 3 atom stereocenters. The van der Waals surface area contributed by atoms with Crippen LogP contribution in [0.1, 0.15) is 23.2 Å². The minimum Gasteiger partial charge on any atom is -0.454 e. The molecule has 1 saturated heterocycles. The first-order valence-corrected chi connectivity index (χ1v) is 7.65. The monoisotopic (exact) mass is 308 g/mol. The third-order valence-electron chi connectivity index (χ3n) is 4.87. The van der Waals surface area contributed by atoms with Gasteiger partial charge >= 0.3 is 0 Å². The zero-order valence-corrected chi connectivity index (χ0v) is 12.3. The van der Waals surface area contributed by atoms with E-state index >= 15 is 0 Å². The largest absolute Gasteiger partial charge is 0.454 e. The summed E-state index contributed by atoms with van der Waals surface area (Å²) in [6.45, 7) is 1.69. The van der Waals surface area contributed by atoms with E-state index in [1.165, 1.54) is 0 Å². The standard InChI is InChI=1S/C15H17ClN2O3/c16-11-3-9(4-13-14(11)21-7-20-13)15(19)18-5-8-1-2-12(17)10(8)6-18/h3-4,8,10,12H,1-2,5-7,17H2. The number of ether oxygens (including phenoxy) is 2. The third kappa shape index (κ3) is 2.07. The summed E-state index contributed by atoms with van der Waals surface area (Å²) in [5.41, 5.74) is 6.68. The topological polar surface area (TPSA) is 64.8 Å². The van der Waals surface area contributed by atoms with Crippen molar-refractivity contribution in [2.45, 2.75) is 18.9 Å². The van der Waals surface area contributed by atoms with Crippen LogP contribution in [0.4, 0.5) is 0 Å². The fraction of sp³-hybridized carbons (Fsp3) is 0.533. The molecule has 3 aliphatic rings. The summed E-state index contributed by atoms with van der Waals surface area (Å²) in [7, 11) is 0. The first-order valence-electron chi connectivity index (χ1n) is 7.27. The number of benzene rings is 1. The van der Waals surface area contributed by atoms with Crippen LogP contribution in [-0.2, 0) is 0 Å². The Labute approximate surface area is 127 Å². The summed E-state index contributed by atoms with van der Waals surface area (Å²) in [6, 6.07) is 3.60. The third-order valence-corrected chi connectivity index (χ3v) is 5.15. The molecule has 4 rings (SSSR count). The number of carbonyl (C=O) groups excluding carboxylic acids is 1. The lowest BCUT2D eigenvalue weighted by atomic mass is 9.98. The minimum atomic E-state index is -0.00296. The lowest BCUT2D eigenvalue weighted by molar-refractivity contribution is 0.0779. The lowest BCUT2D eigenvalue weighted by Gasteiger charge is -2.19. The Bertz CT molecular complexity index is 607. The van der Waals surface area contributed by atoms with E-state index in [9.17, 15) is 4.79 Å². The summed E-state index contributed by atoms with van der Waals surface area (Å²) in [5, 5.41) is 0.421. The van der Waals surface area contributed by atoms with Crippen LogP contribution in [0.5, 0.6) is 11.5 Å². The molecule has 1 saturated carbocycles.